The molecule has 0 aliphatic heterocycles. The fraction of sp³-hybridized carbons (Fsp3) is 0.719. The van der Waals surface area contributed by atoms with Crippen LogP contribution in [0.3, 0.4) is 0 Å². The van der Waals surface area contributed by atoms with E-state index in [0.29, 0.717) is 43.9 Å². The van der Waals surface area contributed by atoms with Gasteiger partial charge in [-0.1, -0.05) is 60.1 Å². The van der Waals surface area contributed by atoms with Crippen molar-refractivity contribution in [1.82, 2.24) is 10.6 Å². The maximum Gasteiger partial charge on any atom is 0.255 e. The van der Waals surface area contributed by atoms with Crippen LogP contribution in [0.25, 0.3) is 0 Å². The quantitative estimate of drug-likeness (QED) is 0.130. The first-order chi connectivity index (χ1) is 19.8. The summed E-state index contributed by atoms with van der Waals surface area (Å²) in [6, 6.07) is 5.78. The summed E-state index contributed by atoms with van der Waals surface area (Å²) >= 11 is 0. The number of carbonyl (C=O) groups is 3. The van der Waals surface area contributed by atoms with Crippen LogP contribution in [0.1, 0.15) is 84.0 Å². The minimum Gasteiger partial charge on any atom is -0.493 e. The zero-order valence-corrected chi connectivity index (χ0v) is 28.0. The zero-order chi connectivity index (χ0) is 31.8. The van der Waals surface area contributed by atoms with Crippen LogP contribution >= 0.6 is 12.4 Å². The molecule has 7 N–H and O–H groups in total. The number of hydrogen-bond donors (Lipinski definition) is 5. The molecule has 0 aliphatic rings. The molecule has 1 unspecified atom stereocenters. The summed E-state index contributed by atoms with van der Waals surface area (Å²) in [6.45, 7) is 13.2. The van der Waals surface area contributed by atoms with Gasteiger partial charge >= 0.3 is 0 Å². The van der Waals surface area contributed by atoms with Gasteiger partial charge in [-0.05, 0) is 61.5 Å². The third-order valence-corrected chi connectivity index (χ3v) is 8.12. The number of rotatable bonds is 21. The Morgan fingerprint density at radius 2 is 1.60 bits per heavy atom. The highest BCUT2D eigenvalue weighted by Crippen LogP contribution is 2.24. The smallest absolute Gasteiger partial charge is 0.255 e. The number of nitrogens with two attached hydrogens (primary N) is 2. The number of halogens is 1. The molecular formula is C32H57ClN4O6. The largest absolute Gasteiger partial charge is 0.493 e. The van der Waals surface area contributed by atoms with E-state index in [2.05, 4.69) is 24.5 Å². The molecule has 0 saturated heterocycles. The Morgan fingerprint density at radius 3 is 2.16 bits per heavy atom. The molecule has 1 rings (SSSR count). The highest BCUT2D eigenvalue weighted by molar-refractivity contribution is 5.96. The van der Waals surface area contributed by atoms with Crippen LogP contribution < -0.4 is 26.8 Å². The van der Waals surface area contributed by atoms with Crippen molar-refractivity contribution >= 4 is 30.1 Å². The summed E-state index contributed by atoms with van der Waals surface area (Å²) in [4.78, 5) is 38.1. The number of aliphatic hydroxyl groups is 1. The molecule has 0 fully saturated rings. The number of para-hydroxylation sites is 1. The number of hydrogen-bond acceptors (Lipinski definition) is 7. The molecule has 0 saturated carbocycles. The van der Waals surface area contributed by atoms with Gasteiger partial charge in [0.25, 0.3) is 5.91 Å². The maximum atomic E-state index is 13.1. The first-order valence-corrected chi connectivity index (χ1v) is 15.4. The Labute approximate surface area is 264 Å². The number of ether oxygens (including phenoxy) is 2. The van der Waals surface area contributed by atoms with E-state index in [4.69, 9.17) is 20.9 Å². The Kier molecular flexibility index (Phi) is 20.1. The molecule has 11 heteroatoms. The van der Waals surface area contributed by atoms with Gasteiger partial charge in [0.05, 0.1) is 18.3 Å². The molecule has 0 bridgehead atoms. The lowest BCUT2D eigenvalue weighted by Gasteiger charge is -2.31. The van der Waals surface area contributed by atoms with Crippen LogP contribution in [0.15, 0.2) is 24.3 Å². The lowest BCUT2D eigenvalue weighted by Crippen LogP contribution is -2.51. The SMILES string of the molecule is CCC(C)[C@H](NC(=O)[C@@H](C[C@H](O)[C@@H](N)C[C@H](CNC(=O)c1ccccc1OCCCCOC)C(C)C)C(C)C)C(N)=O.Cl. The third-order valence-electron chi connectivity index (χ3n) is 8.12. The molecule has 10 nitrogen and oxygen atoms in total. The number of nitrogens with one attached hydrogen (secondary N) is 2. The van der Waals surface area contributed by atoms with Crippen molar-refractivity contribution in [3.63, 3.8) is 0 Å². The van der Waals surface area contributed by atoms with Crippen molar-refractivity contribution < 1.29 is 29.0 Å². The van der Waals surface area contributed by atoms with Gasteiger partial charge in [-0.15, -0.1) is 12.4 Å². The van der Waals surface area contributed by atoms with E-state index in [9.17, 15) is 19.5 Å². The van der Waals surface area contributed by atoms with E-state index in [1.54, 1.807) is 25.3 Å². The molecule has 0 heterocycles. The molecule has 6 atom stereocenters. The summed E-state index contributed by atoms with van der Waals surface area (Å²) in [5.41, 5.74) is 12.5. The predicted molar refractivity (Wildman–Crippen MR) is 173 cm³/mol. The lowest BCUT2D eigenvalue weighted by molar-refractivity contribution is -0.132. The van der Waals surface area contributed by atoms with E-state index < -0.39 is 30.0 Å². The summed E-state index contributed by atoms with van der Waals surface area (Å²) < 4.78 is 10.9. The molecule has 0 spiro atoms. The number of primary amides is 1. The second-order valence-corrected chi connectivity index (χ2v) is 12.1. The lowest BCUT2D eigenvalue weighted by atomic mass is 9.83. The molecule has 43 heavy (non-hydrogen) atoms. The maximum absolute atomic E-state index is 13.1. The summed E-state index contributed by atoms with van der Waals surface area (Å²) in [7, 11) is 1.66. The minimum absolute atomic E-state index is 0. The van der Waals surface area contributed by atoms with Crippen LogP contribution in [0.2, 0.25) is 0 Å². The van der Waals surface area contributed by atoms with E-state index in [-0.39, 0.29) is 54.3 Å². The Balaban J connectivity index is 0.0000176. The van der Waals surface area contributed by atoms with E-state index >= 15 is 0 Å². The average Bonchev–Trinajstić information content (AvgIpc) is 2.95. The highest BCUT2D eigenvalue weighted by atomic mass is 35.5. The minimum atomic E-state index is -0.942. The molecule has 0 aliphatic carbocycles. The summed E-state index contributed by atoms with van der Waals surface area (Å²) in [6.07, 6.45) is 2.06. The van der Waals surface area contributed by atoms with Crippen molar-refractivity contribution in [2.24, 2.45) is 41.1 Å². The van der Waals surface area contributed by atoms with E-state index in [0.717, 1.165) is 12.8 Å². The van der Waals surface area contributed by atoms with Crippen LogP contribution in [-0.2, 0) is 14.3 Å². The van der Waals surface area contributed by atoms with Gasteiger partial charge in [0.1, 0.15) is 11.8 Å². The molecular weight excluding hydrogens is 572 g/mol. The van der Waals surface area contributed by atoms with Crippen molar-refractivity contribution in [2.75, 3.05) is 26.9 Å². The van der Waals surface area contributed by atoms with Crippen molar-refractivity contribution in [3.8, 4) is 5.75 Å². The fourth-order valence-corrected chi connectivity index (χ4v) is 4.83. The van der Waals surface area contributed by atoms with Crippen molar-refractivity contribution in [3.05, 3.63) is 29.8 Å². The second kappa shape index (κ2) is 21.3. The normalized spacial score (nSPS) is 15.5. The van der Waals surface area contributed by atoms with Crippen LogP contribution in [-0.4, -0.2) is 67.9 Å². The summed E-state index contributed by atoms with van der Waals surface area (Å²) in [5.74, 6) is -1.13. The first-order valence-electron chi connectivity index (χ1n) is 15.4. The van der Waals surface area contributed by atoms with Crippen molar-refractivity contribution in [1.29, 1.82) is 0 Å². The standard InChI is InChI=1S/C32H56N4O6.ClH/c1-8-22(6)29(30(34)38)36-32(40)25(21(4)5)18-27(37)26(33)17-23(20(2)3)19-35-31(39)24-13-9-10-14-28(24)42-16-12-11-15-41-7;/h9-10,13-14,20-23,25-27,29,37H,8,11-12,15-19,33H2,1-7H3,(H2,34,38)(H,35,39)(H,36,40);1H/t22?,23-,25+,26+,27+,29+;/m1./s1. The molecule has 1 aromatic carbocycles. The van der Waals surface area contributed by atoms with Gasteiger partial charge in [0.2, 0.25) is 11.8 Å². The van der Waals surface area contributed by atoms with Gasteiger partial charge in [-0.2, -0.15) is 0 Å². The zero-order valence-electron chi connectivity index (χ0n) is 27.1. The van der Waals surface area contributed by atoms with Gasteiger partial charge in [-0.3, -0.25) is 14.4 Å². The molecule has 1 aromatic rings. The molecule has 248 valence electrons. The number of aliphatic hydroxyl groups excluding tert-OH is 1. The first kappa shape index (κ1) is 40.6. The van der Waals surface area contributed by atoms with Crippen LogP contribution in [0.4, 0.5) is 0 Å². The Morgan fingerprint density at radius 1 is 0.977 bits per heavy atom. The highest BCUT2D eigenvalue weighted by Gasteiger charge is 2.32. The fourth-order valence-electron chi connectivity index (χ4n) is 4.83. The predicted octanol–water partition coefficient (Wildman–Crippen LogP) is 3.67. The van der Waals surface area contributed by atoms with E-state index in [1.165, 1.54) is 0 Å². The number of amides is 3. The summed E-state index contributed by atoms with van der Waals surface area (Å²) in [5, 5.41) is 16.8. The molecule has 0 aromatic heterocycles. The average molecular weight is 629 g/mol. The van der Waals surface area contributed by atoms with E-state index in [1.807, 2.05) is 33.8 Å². The van der Waals surface area contributed by atoms with Gasteiger partial charge in [0, 0.05) is 32.2 Å². The van der Waals surface area contributed by atoms with Crippen molar-refractivity contribution in [2.45, 2.75) is 91.8 Å². The van der Waals surface area contributed by atoms with Crippen LogP contribution in [0.5, 0.6) is 5.75 Å². The Bertz CT molecular complexity index is 964. The second-order valence-electron chi connectivity index (χ2n) is 12.1. The number of benzene rings is 1. The van der Waals surface area contributed by atoms with Crippen LogP contribution in [0, 0.1) is 29.6 Å². The number of carbonyl (C=O) groups excluding carboxylic acids is 3. The number of methoxy groups -OCH3 is 1. The van der Waals surface area contributed by atoms with Gasteiger partial charge < -0.3 is 36.7 Å². The third kappa shape index (κ3) is 14.3. The van der Waals surface area contributed by atoms with Gasteiger partial charge in [0.15, 0.2) is 0 Å². The van der Waals surface area contributed by atoms with Gasteiger partial charge in [-0.25, -0.2) is 0 Å². The monoisotopic (exact) mass is 628 g/mol. The Hall–Kier alpha value is -2.40. The number of unbranched alkanes of at least 4 members (excludes halogenated alkanes) is 1. The molecule has 3 amide bonds. The molecule has 0 radical (unpaired) electrons. The topological polar surface area (TPSA) is 166 Å².